The second-order valence-electron chi connectivity index (χ2n) is 6.02. The van der Waals surface area contributed by atoms with E-state index >= 15 is 0 Å². The number of allylic oxidation sites excluding steroid dienone is 2. The van der Waals surface area contributed by atoms with Crippen molar-refractivity contribution in [2.24, 2.45) is 5.73 Å². The normalized spacial score (nSPS) is 16.5. The van der Waals surface area contributed by atoms with E-state index in [1.165, 1.54) is 11.3 Å². The van der Waals surface area contributed by atoms with Gasteiger partial charge in [0.1, 0.15) is 4.88 Å². The Balaban J connectivity index is 2.30. The van der Waals surface area contributed by atoms with Crippen LogP contribution in [0.15, 0.2) is 35.5 Å². The number of nitrogens with two attached hydrogens (primary N) is 2. The van der Waals surface area contributed by atoms with E-state index < -0.39 is 5.91 Å². The maximum atomic E-state index is 12.3. The molecule has 0 saturated heterocycles. The molecule has 6 heteroatoms. The third-order valence-electron chi connectivity index (χ3n) is 4.24. The van der Waals surface area contributed by atoms with Gasteiger partial charge in [-0.25, -0.2) is 0 Å². The number of rotatable bonds is 3. The molecule has 0 radical (unpaired) electrons. The van der Waals surface area contributed by atoms with Crippen LogP contribution in [0.1, 0.15) is 46.1 Å². The molecule has 1 amide bonds. The minimum Gasteiger partial charge on any atom is -0.397 e. The Bertz CT molecular complexity index is 896. The van der Waals surface area contributed by atoms with Gasteiger partial charge in [0, 0.05) is 22.8 Å². The fraction of sp³-hybridized carbons (Fsp3) is 0.222. The lowest BCUT2D eigenvalue weighted by atomic mass is 9.80. The minimum atomic E-state index is -0.557. The summed E-state index contributed by atoms with van der Waals surface area (Å²) in [4.78, 5) is 24.3. The van der Waals surface area contributed by atoms with Crippen molar-refractivity contribution in [2.45, 2.75) is 26.7 Å². The van der Waals surface area contributed by atoms with E-state index in [-0.39, 0.29) is 11.7 Å². The maximum Gasteiger partial charge on any atom is 0.260 e. The highest BCUT2D eigenvalue weighted by Gasteiger charge is 2.35. The van der Waals surface area contributed by atoms with Crippen LogP contribution in [-0.2, 0) is 4.79 Å². The Kier molecular flexibility index (Phi) is 3.93. The van der Waals surface area contributed by atoms with Crippen molar-refractivity contribution >= 4 is 33.7 Å². The van der Waals surface area contributed by atoms with E-state index in [0.29, 0.717) is 16.1 Å². The highest BCUT2D eigenvalue weighted by Crippen LogP contribution is 2.49. The number of thiophene rings is 1. The number of fused-ring (bicyclic) bond motifs is 1. The van der Waals surface area contributed by atoms with Crippen molar-refractivity contribution in [2.75, 3.05) is 11.1 Å². The van der Waals surface area contributed by atoms with Gasteiger partial charge in [-0.3, -0.25) is 9.59 Å². The zero-order valence-corrected chi connectivity index (χ0v) is 14.6. The first-order valence-electron chi connectivity index (χ1n) is 7.58. The van der Waals surface area contributed by atoms with E-state index in [4.69, 9.17) is 11.5 Å². The van der Waals surface area contributed by atoms with Crippen molar-refractivity contribution < 1.29 is 9.59 Å². The minimum absolute atomic E-state index is 0.0246. The molecule has 1 aliphatic heterocycles. The average Bonchev–Trinajstić information content (AvgIpc) is 2.82. The van der Waals surface area contributed by atoms with Crippen LogP contribution in [0.25, 0.3) is 0 Å². The molecule has 0 spiro atoms. The summed E-state index contributed by atoms with van der Waals surface area (Å²) in [7, 11) is 0. The second kappa shape index (κ2) is 5.79. The molecule has 1 aliphatic rings. The number of benzene rings is 1. The lowest BCUT2D eigenvalue weighted by Gasteiger charge is -2.28. The van der Waals surface area contributed by atoms with E-state index in [1.54, 1.807) is 6.92 Å². The quantitative estimate of drug-likeness (QED) is 0.798. The molecule has 5 nitrogen and oxygen atoms in total. The molecule has 0 saturated carbocycles. The lowest BCUT2D eigenvalue weighted by Crippen LogP contribution is -2.21. The fourth-order valence-corrected chi connectivity index (χ4v) is 4.33. The van der Waals surface area contributed by atoms with Gasteiger partial charge in [-0.1, -0.05) is 29.8 Å². The molecule has 1 aromatic heterocycles. The largest absolute Gasteiger partial charge is 0.397 e. The summed E-state index contributed by atoms with van der Waals surface area (Å²) in [5, 5.41) is 3.98. The van der Waals surface area contributed by atoms with Crippen molar-refractivity contribution in [3.63, 3.8) is 0 Å². The standard InChI is InChI=1S/C18H19N3O2S/c1-8-5-4-6-11(7-8)13-12(10(3)22)9(2)21-18-14(13)15(19)16(24-18)17(20)23/h4-7,13,21H,19H2,1-3H3,(H2,20,23). The van der Waals surface area contributed by atoms with E-state index in [9.17, 15) is 9.59 Å². The van der Waals surface area contributed by atoms with Gasteiger partial charge in [-0.2, -0.15) is 0 Å². The van der Waals surface area contributed by atoms with Crippen molar-refractivity contribution in [1.29, 1.82) is 0 Å². The van der Waals surface area contributed by atoms with Gasteiger partial charge < -0.3 is 16.8 Å². The zero-order chi connectivity index (χ0) is 17.6. The average molecular weight is 341 g/mol. The van der Waals surface area contributed by atoms with Gasteiger partial charge in [-0.05, 0) is 26.3 Å². The molecule has 2 heterocycles. The summed E-state index contributed by atoms with van der Waals surface area (Å²) in [6.45, 7) is 5.41. The van der Waals surface area contributed by atoms with E-state index in [1.807, 2.05) is 38.1 Å². The molecule has 1 atom stereocenters. The van der Waals surface area contributed by atoms with Crippen molar-refractivity contribution in [1.82, 2.24) is 0 Å². The molecule has 124 valence electrons. The molecule has 1 unspecified atom stereocenters. The van der Waals surface area contributed by atoms with Gasteiger partial charge in [0.05, 0.1) is 10.7 Å². The lowest BCUT2D eigenvalue weighted by molar-refractivity contribution is -0.113. The third-order valence-corrected chi connectivity index (χ3v) is 5.40. The Morgan fingerprint density at radius 3 is 2.54 bits per heavy atom. The highest BCUT2D eigenvalue weighted by atomic mass is 32.1. The number of primary amides is 1. The number of carbonyl (C=O) groups is 2. The fourth-order valence-electron chi connectivity index (χ4n) is 3.27. The van der Waals surface area contributed by atoms with E-state index in [2.05, 4.69) is 5.32 Å². The highest BCUT2D eigenvalue weighted by molar-refractivity contribution is 7.18. The summed E-state index contributed by atoms with van der Waals surface area (Å²) in [5.74, 6) is -0.884. The number of aryl methyl sites for hydroxylation is 1. The predicted octanol–water partition coefficient (Wildman–Crippen LogP) is 3.16. The molecule has 0 fully saturated rings. The van der Waals surface area contributed by atoms with Crippen LogP contribution in [0.3, 0.4) is 0 Å². The Morgan fingerprint density at radius 1 is 1.25 bits per heavy atom. The van der Waals surface area contributed by atoms with Gasteiger partial charge in [0.25, 0.3) is 5.91 Å². The second-order valence-corrected chi connectivity index (χ2v) is 7.04. The molecule has 1 aromatic carbocycles. The van der Waals surface area contributed by atoms with Gasteiger partial charge in [0.15, 0.2) is 5.78 Å². The third kappa shape index (κ3) is 2.49. The number of nitrogen functional groups attached to an aromatic ring is 1. The molecule has 24 heavy (non-hydrogen) atoms. The number of amides is 1. The van der Waals surface area contributed by atoms with Crippen LogP contribution in [0, 0.1) is 6.92 Å². The summed E-state index contributed by atoms with van der Waals surface area (Å²) in [5.41, 5.74) is 16.3. The molecule has 3 rings (SSSR count). The number of Topliss-reactive ketones (excluding diaryl/α,β-unsaturated/α-hetero) is 1. The van der Waals surface area contributed by atoms with E-state index in [0.717, 1.165) is 27.4 Å². The molecule has 5 N–H and O–H groups in total. The summed E-state index contributed by atoms with van der Waals surface area (Å²) >= 11 is 1.23. The van der Waals surface area contributed by atoms with Crippen LogP contribution in [0.2, 0.25) is 0 Å². The monoisotopic (exact) mass is 341 g/mol. The predicted molar refractivity (Wildman–Crippen MR) is 97.3 cm³/mol. The van der Waals surface area contributed by atoms with Crippen molar-refractivity contribution in [3.05, 3.63) is 57.1 Å². The number of carbonyl (C=O) groups excluding carboxylic acids is 2. The van der Waals surface area contributed by atoms with Gasteiger partial charge in [-0.15, -0.1) is 11.3 Å². The first-order valence-corrected chi connectivity index (χ1v) is 8.40. The number of anilines is 2. The topological polar surface area (TPSA) is 98.2 Å². The van der Waals surface area contributed by atoms with Gasteiger partial charge >= 0.3 is 0 Å². The molecular weight excluding hydrogens is 322 g/mol. The first-order chi connectivity index (χ1) is 11.3. The number of hydrogen-bond donors (Lipinski definition) is 3. The van der Waals surface area contributed by atoms with Crippen LogP contribution in [0.5, 0.6) is 0 Å². The molecule has 0 bridgehead atoms. The molecule has 0 aliphatic carbocycles. The summed E-state index contributed by atoms with van der Waals surface area (Å²) < 4.78 is 0. The first kappa shape index (κ1) is 16.3. The summed E-state index contributed by atoms with van der Waals surface area (Å²) in [6.07, 6.45) is 0. The van der Waals surface area contributed by atoms with Crippen LogP contribution < -0.4 is 16.8 Å². The zero-order valence-electron chi connectivity index (χ0n) is 13.8. The molecular formula is C18H19N3O2S. The summed E-state index contributed by atoms with van der Waals surface area (Å²) in [6, 6.07) is 7.97. The van der Waals surface area contributed by atoms with Crippen molar-refractivity contribution in [3.8, 4) is 0 Å². The van der Waals surface area contributed by atoms with Crippen LogP contribution in [-0.4, -0.2) is 11.7 Å². The maximum absolute atomic E-state index is 12.3. The Labute approximate surface area is 144 Å². The Morgan fingerprint density at radius 2 is 1.96 bits per heavy atom. The number of ketones is 1. The number of hydrogen-bond acceptors (Lipinski definition) is 5. The Hall–Kier alpha value is -2.60. The smallest absolute Gasteiger partial charge is 0.260 e. The van der Waals surface area contributed by atoms with Gasteiger partial charge in [0.2, 0.25) is 0 Å². The number of nitrogens with one attached hydrogen (secondary N) is 1. The van der Waals surface area contributed by atoms with Crippen LogP contribution in [0.4, 0.5) is 10.7 Å². The SMILES string of the molecule is CC(=O)C1=C(C)Nc2sc(C(N)=O)c(N)c2C1c1cccc(C)c1. The molecule has 2 aromatic rings. The van der Waals surface area contributed by atoms with Crippen LogP contribution >= 0.6 is 11.3 Å².